The number of thiol groups is 1. The normalized spacial score (nSPS) is 9.00. The van der Waals surface area contributed by atoms with E-state index in [0.29, 0.717) is 0 Å². The molecule has 0 saturated heterocycles. The van der Waals surface area contributed by atoms with Gasteiger partial charge < -0.3 is 5.11 Å². The van der Waals surface area contributed by atoms with E-state index in [4.69, 9.17) is 10.4 Å². The Labute approximate surface area is 73.9 Å². The predicted molar refractivity (Wildman–Crippen MR) is 43.2 cm³/mol. The molecular formula is C7H4N2O2S. The predicted octanol–water partition coefficient (Wildman–Crippen LogP) is 0.940. The SMILES string of the molecule is N#Cc1cncc(S)c1C(=O)O. The molecule has 1 aromatic heterocycles. The molecule has 0 aliphatic heterocycles. The van der Waals surface area contributed by atoms with Crippen molar-refractivity contribution in [3.8, 4) is 6.07 Å². The first-order valence-electron chi connectivity index (χ1n) is 2.97. The summed E-state index contributed by atoms with van der Waals surface area (Å²) >= 11 is 3.87. The first kappa shape index (κ1) is 8.56. The van der Waals surface area contributed by atoms with Crippen LogP contribution in [0.1, 0.15) is 15.9 Å². The molecule has 60 valence electrons. The highest BCUT2D eigenvalue weighted by Gasteiger charge is 2.13. The van der Waals surface area contributed by atoms with E-state index < -0.39 is 5.97 Å². The summed E-state index contributed by atoms with van der Waals surface area (Å²) < 4.78 is 0. The van der Waals surface area contributed by atoms with Crippen molar-refractivity contribution >= 4 is 18.6 Å². The Kier molecular flexibility index (Phi) is 2.31. The zero-order valence-corrected chi connectivity index (χ0v) is 6.75. The summed E-state index contributed by atoms with van der Waals surface area (Å²) in [4.78, 5) is 14.4. The average molecular weight is 180 g/mol. The molecule has 12 heavy (non-hydrogen) atoms. The molecule has 0 saturated carbocycles. The van der Waals surface area contributed by atoms with Crippen LogP contribution in [-0.2, 0) is 0 Å². The van der Waals surface area contributed by atoms with Crippen molar-refractivity contribution in [3.63, 3.8) is 0 Å². The van der Waals surface area contributed by atoms with Crippen molar-refractivity contribution in [2.75, 3.05) is 0 Å². The fourth-order valence-electron chi connectivity index (χ4n) is 0.759. The molecule has 5 heteroatoms. The molecule has 0 aromatic carbocycles. The maximum atomic E-state index is 10.6. The third-order valence-electron chi connectivity index (χ3n) is 1.26. The maximum absolute atomic E-state index is 10.6. The first-order chi connectivity index (χ1) is 5.66. The number of carboxylic acids is 1. The van der Waals surface area contributed by atoms with E-state index in [1.54, 1.807) is 6.07 Å². The van der Waals surface area contributed by atoms with Crippen LogP contribution in [-0.4, -0.2) is 16.1 Å². The minimum atomic E-state index is -1.17. The van der Waals surface area contributed by atoms with E-state index in [2.05, 4.69) is 17.6 Å². The van der Waals surface area contributed by atoms with Crippen LogP contribution >= 0.6 is 12.6 Å². The van der Waals surface area contributed by atoms with Gasteiger partial charge in [0.05, 0.1) is 11.1 Å². The van der Waals surface area contributed by atoms with Crippen LogP contribution in [0.15, 0.2) is 17.3 Å². The number of rotatable bonds is 1. The van der Waals surface area contributed by atoms with Gasteiger partial charge in [0.2, 0.25) is 0 Å². The summed E-state index contributed by atoms with van der Waals surface area (Å²) in [5, 5.41) is 17.2. The van der Waals surface area contributed by atoms with E-state index in [1.165, 1.54) is 12.4 Å². The first-order valence-corrected chi connectivity index (χ1v) is 3.42. The van der Waals surface area contributed by atoms with Gasteiger partial charge in [0, 0.05) is 17.3 Å². The Balaban J connectivity index is 3.42. The monoisotopic (exact) mass is 180 g/mol. The highest BCUT2D eigenvalue weighted by Crippen LogP contribution is 2.15. The van der Waals surface area contributed by atoms with Crippen LogP contribution < -0.4 is 0 Å². The van der Waals surface area contributed by atoms with Gasteiger partial charge in [0.15, 0.2) is 0 Å². The zero-order chi connectivity index (χ0) is 9.14. The second-order valence-corrected chi connectivity index (χ2v) is 2.48. The van der Waals surface area contributed by atoms with Gasteiger partial charge in [-0.2, -0.15) is 5.26 Å². The van der Waals surface area contributed by atoms with E-state index in [0.717, 1.165) is 0 Å². The van der Waals surface area contributed by atoms with Crippen LogP contribution in [0.5, 0.6) is 0 Å². The highest BCUT2D eigenvalue weighted by molar-refractivity contribution is 7.80. The minimum absolute atomic E-state index is 0.0231. The molecule has 4 nitrogen and oxygen atoms in total. The number of carbonyl (C=O) groups is 1. The number of aromatic nitrogens is 1. The van der Waals surface area contributed by atoms with Crippen LogP contribution in [0.4, 0.5) is 0 Å². The smallest absolute Gasteiger partial charge is 0.338 e. The van der Waals surface area contributed by atoms with Crippen molar-refractivity contribution in [2.45, 2.75) is 4.90 Å². The Bertz CT molecular complexity index is 370. The lowest BCUT2D eigenvalue weighted by Crippen LogP contribution is -2.02. The summed E-state index contributed by atoms with van der Waals surface area (Å²) in [6.45, 7) is 0. The van der Waals surface area contributed by atoms with Gasteiger partial charge in [-0.1, -0.05) is 0 Å². The molecule has 0 aliphatic rings. The number of pyridine rings is 1. The number of nitriles is 1. The minimum Gasteiger partial charge on any atom is -0.478 e. The second-order valence-electron chi connectivity index (χ2n) is 2.00. The van der Waals surface area contributed by atoms with Crippen molar-refractivity contribution in [1.29, 1.82) is 5.26 Å². The summed E-state index contributed by atoms with van der Waals surface area (Å²) in [6, 6.07) is 1.73. The molecule has 0 unspecified atom stereocenters. The largest absolute Gasteiger partial charge is 0.478 e. The topological polar surface area (TPSA) is 74.0 Å². The van der Waals surface area contributed by atoms with Gasteiger partial charge in [-0.25, -0.2) is 4.79 Å². The Morgan fingerprint density at radius 1 is 1.67 bits per heavy atom. The van der Waals surface area contributed by atoms with Gasteiger partial charge in [-0.15, -0.1) is 12.6 Å². The van der Waals surface area contributed by atoms with Crippen LogP contribution in [0.2, 0.25) is 0 Å². The molecule has 1 heterocycles. The molecule has 0 spiro atoms. The van der Waals surface area contributed by atoms with Gasteiger partial charge in [0.1, 0.15) is 6.07 Å². The van der Waals surface area contributed by atoms with Crippen LogP contribution in [0, 0.1) is 11.3 Å². The molecule has 0 amide bonds. The lowest BCUT2D eigenvalue weighted by Gasteiger charge is -1.99. The fraction of sp³-hybridized carbons (Fsp3) is 0. The molecule has 0 aliphatic carbocycles. The van der Waals surface area contributed by atoms with Crippen LogP contribution in [0.3, 0.4) is 0 Å². The van der Waals surface area contributed by atoms with Gasteiger partial charge in [-0.05, 0) is 0 Å². The molecule has 1 N–H and O–H groups in total. The van der Waals surface area contributed by atoms with E-state index in [9.17, 15) is 4.79 Å². The highest BCUT2D eigenvalue weighted by atomic mass is 32.1. The van der Waals surface area contributed by atoms with Crippen molar-refractivity contribution in [1.82, 2.24) is 4.98 Å². The quantitative estimate of drug-likeness (QED) is 0.631. The van der Waals surface area contributed by atoms with Crippen LogP contribution in [0.25, 0.3) is 0 Å². The molecule has 1 rings (SSSR count). The second kappa shape index (κ2) is 3.24. The zero-order valence-electron chi connectivity index (χ0n) is 5.85. The third kappa shape index (κ3) is 1.38. The lowest BCUT2D eigenvalue weighted by atomic mass is 10.1. The number of hydrogen-bond acceptors (Lipinski definition) is 4. The number of carboxylic acid groups (broad SMARTS) is 1. The molecule has 1 aromatic rings. The van der Waals surface area contributed by atoms with E-state index in [1.807, 2.05) is 0 Å². The average Bonchev–Trinajstić information content (AvgIpc) is 2.03. The van der Waals surface area contributed by atoms with E-state index in [-0.39, 0.29) is 16.0 Å². The summed E-state index contributed by atoms with van der Waals surface area (Å²) in [5.74, 6) is -1.17. The Morgan fingerprint density at radius 2 is 2.33 bits per heavy atom. The maximum Gasteiger partial charge on any atom is 0.338 e. The van der Waals surface area contributed by atoms with Crippen molar-refractivity contribution < 1.29 is 9.90 Å². The molecular weight excluding hydrogens is 176 g/mol. The Morgan fingerprint density at radius 3 is 2.75 bits per heavy atom. The Hall–Kier alpha value is -1.54. The van der Waals surface area contributed by atoms with Crippen molar-refractivity contribution in [3.05, 3.63) is 23.5 Å². The van der Waals surface area contributed by atoms with Gasteiger partial charge in [0.25, 0.3) is 0 Å². The summed E-state index contributed by atoms with van der Waals surface area (Å²) in [6.07, 6.45) is 2.48. The van der Waals surface area contributed by atoms with E-state index >= 15 is 0 Å². The number of aromatic carboxylic acids is 1. The third-order valence-corrected chi connectivity index (χ3v) is 1.60. The molecule has 0 fully saturated rings. The molecule has 0 radical (unpaired) electrons. The molecule has 0 atom stereocenters. The number of hydrogen-bond donors (Lipinski definition) is 2. The summed E-state index contributed by atoms with van der Waals surface area (Å²) in [7, 11) is 0. The lowest BCUT2D eigenvalue weighted by molar-refractivity contribution is 0.0692. The van der Waals surface area contributed by atoms with Gasteiger partial charge in [-0.3, -0.25) is 4.98 Å². The summed E-state index contributed by atoms with van der Waals surface area (Å²) in [5.41, 5.74) is -0.0779. The number of nitrogens with zero attached hydrogens (tertiary/aromatic N) is 2. The van der Waals surface area contributed by atoms with Crippen molar-refractivity contribution in [2.24, 2.45) is 0 Å². The molecule has 0 bridgehead atoms. The standard InChI is InChI=1S/C7H4N2O2S/c8-1-4-2-9-3-5(12)6(4)7(10)11/h2-3,12H,(H,10,11). The fourth-order valence-corrected chi connectivity index (χ4v) is 1.04. The van der Waals surface area contributed by atoms with Gasteiger partial charge >= 0.3 is 5.97 Å².